The highest BCUT2D eigenvalue weighted by Crippen LogP contribution is 2.35. The number of aromatic nitrogens is 5. The van der Waals surface area contributed by atoms with Crippen LogP contribution < -0.4 is 14.8 Å². The zero-order valence-electron chi connectivity index (χ0n) is 19.4. The van der Waals surface area contributed by atoms with Gasteiger partial charge >= 0.3 is 0 Å². The van der Waals surface area contributed by atoms with Crippen molar-refractivity contribution in [2.24, 2.45) is 0 Å². The first-order valence-electron chi connectivity index (χ1n) is 11.1. The van der Waals surface area contributed by atoms with Gasteiger partial charge in [-0.15, -0.1) is 0 Å². The molecule has 6 rings (SSSR count). The summed E-state index contributed by atoms with van der Waals surface area (Å²) in [5, 5.41) is 7.14. The first-order chi connectivity index (χ1) is 17.9. The minimum absolute atomic E-state index is 0.0659. The van der Waals surface area contributed by atoms with Crippen molar-refractivity contribution >= 4 is 32.7 Å². The van der Waals surface area contributed by atoms with Crippen LogP contribution in [0.15, 0.2) is 70.6 Å². The summed E-state index contributed by atoms with van der Waals surface area (Å²) in [5.74, 6) is 0.0643. The second-order valence-corrected chi connectivity index (χ2v) is 9.89. The molecule has 0 atom stereocenters. The summed E-state index contributed by atoms with van der Waals surface area (Å²) in [6.07, 6.45) is 6.40. The Hall–Kier alpha value is -4.78. The molecular formula is C24H19N7O5S. The molecule has 5 aromatic rings. The smallest absolute Gasteiger partial charge is 0.262 e. The Kier molecular flexibility index (Phi) is 5.34. The van der Waals surface area contributed by atoms with Gasteiger partial charge in [-0.25, -0.2) is 23.4 Å². The van der Waals surface area contributed by atoms with E-state index in [1.807, 2.05) is 0 Å². The molecule has 0 unspecified atom stereocenters. The molecule has 12 nitrogen and oxygen atoms in total. The number of anilines is 1. The van der Waals surface area contributed by atoms with Gasteiger partial charge in [-0.3, -0.25) is 14.2 Å². The summed E-state index contributed by atoms with van der Waals surface area (Å²) in [6, 6.07) is 9.03. The van der Waals surface area contributed by atoms with Crippen molar-refractivity contribution in [3.8, 4) is 28.5 Å². The lowest BCUT2D eigenvalue weighted by molar-refractivity contribution is 0.0951. The largest absolute Gasteiger partial charge is 0.480 e. The molecule has 1 aliphatic rings. The summed E-state index contributed by atoms with van der Waals surface area (Å²) in [7, 11) is -2.71. The van der Waals surface area contributed by atoms with Gasteiger partial charge in [0.2, 0.25) is 5.88 Å². The number of carbonyl (C=O) groups is 1. The molecule has 13 heteroatoms. The highest BCUT2D eigenvalue weighted by Gasteiger charge is 2.21. The minimum atomic E-state index is -4.09. The van der Waals surface area contributed by atoms with Gasteiger partial charge in [0.05, 0.1) is 24.7 Å². The molecule has 1 aromatic carbocycles. The average molecular weight is 518 g/mol. The van der Waals surface area contributed by atoms with E-state index in [1.54, 1.807) is 35.3 Å². The molecule has 1 aliphatic heterocycles. The van der Waals surface area contributed by atoms with Crippen LogP contribution >= 0.6 is 0 Å². The average Bonchev–Trinajstić information content (AvgIpc) is 3.55. The molecule has 0 saturated carbocycles. The number of sulfonamides is 1. The quantitative estimate of drug-likeness (QED) is 0.341. The number of hydrogen-bond acceptors (Lipinski definition) is 9. The number of amides is 1. The van der Waals surface area contributed by atoms with Crippen LogP contribution in [0.5, 0.6) is 5.88 Å². The topological polar surface area (TPSA) is 154 Å². The first-order valence-corrected chi connectivity index (χ1v) is 12.6. The van der Waals surface area contributed by atoms with Gasteiger partial charge in [0.1, 0.15) is 29.0 Å². The van der Waals surface area contributed by atoms with Crippen LogP contribution in [0.4, 0.5) is 5.69 Å². The van der Waals surface area contributed by atoms with Crippen LogP contribution in [0.1, 0.15) is 10.4 Å². The van der Waals surface area contributed by atoms with Crippen LogP contribution in [0, 0.1) is 0 Å². The number of methoxy groups -OCH3 is 1. The van der Waals surface area contributed by atoms with Crippen LogP contribution in [-0.2, 0) is 16.6 Å². The van der Waals surface area contributed by atoms with Crippen LogP contribution in [-0.4, -0.2) is 52.7 Å². The van der Waals surface area contributed by atoms with Crippen molar-refractivity contribution in [3.05, 3.63) is 66.9 Å². The maximum Gasteiger partial charge on any atom is 0.262 e. The van der Waals surface area contributed by atoms with E-state index < -0.39 is 15.9 Å². The Morgan fingerprint density at radius 2 is 1.95 bits per heavy atom. The number of rotatable bonds is 1. The van der Waals surface area contributed by atoms with E-state index in [0.29, 0.717) is 40.2 Å². The third-order valence-corrected chi connectivity index (χ3v) is 7.19. The Balaban J connectivity index is 1.53. The molecule has 37 heavy (non-hydrogen) atoms. The highest BCUT2D eigenvalue weighted by molar-refractivity contribution is 7.92. The molecule has 0 fully saturated rings. The molecule has 0 spiro atoms. The number of carbonyl (C=O) groups excluding carboxylic acids is 1. The van der Waals surface area contributed by atoms with Crippen molar-refractivity contribution in [2.75, 3.05) is 18.4 Å². The highest BCUT2D eigenvalue weighted by atomic mass is 32.2. The van der Waals surface area contributed by atoms with E-state index in [-0.39, 0.29) is 28.6 Å². The van der Waals surface area contributed by atoms with E-state index in [2.05, 4.69) is 30.1 Å². The predicted molar refractivity (Wildman–Crippen MR) is 132 cm³/mol. The van der Waals surface area contributed by atoms with Gasteiger partial charge in [0.25, 0.3) is 15.9 Å². The molecular weight excluding hydrogens is 498 g/mol. The van der Waals surface area contributed by atoms with Crippen molar-refractivity contribution in [1.29, 1.82) is 0 Å². The monoisotopic (exact) mass is 517 g/mol. The van der Waals surface area contributed by atoms with Gasteiger partial charge in [0.15, 0.2) is 5.58 Å². The maximum atomic E-state index is 13.2. The van der Waals surface area contributed by atoms with Crippen LogP contribution in [0.3, 0.4) is 0 Å². The molecule has 1 amide bonds. The number of fused-ring (bicyclic) bond motifs is 9. The Morgan fingerprint density at radius 3 is 2.81 bits per heavy atom. The summed E-state index contributed by atoms with van der Waals surface area (Å²) in [5.41, 5.74) is 3.05. The van der Waals surface area contributed by atoms with E-state index in [9.17, 15) is 13.2 Å². The lowest BCUT2D eigenvalue weighted by atomic mass is 10.2. The fourth-order valence-electron chi connectivity index (χ4n) is 4.03. The third kappa shape index (κ3) is 4.14. The minimum Gasteiger partial charge on any atom is -0.480 e. The predicted octanol–water partition coefficient (Wildman–Crippen LogP) is 2.70. The number of ether oxygens (including phenoxy) is 1. The number of nitrogens with one attached hydrogen (secondary N) is 2. The summed E-state index contributed by atoms with van der Waals surface area (Å²) in [4.78, 5) is 25.6. The summed E-state index contributed by atoms with van der Waals surface area (Å²) >= 11 is 0. The number of hydrogen-bond donors (Lipinski definition) is 2. The van der Waals surface area contributed by atoms with Gasteiger partial charge in [-0.05, 0) is 24.3 Å². The van der Waals surface area contributed by atoms with E-state index >= 15 is 0 Å². The van der Waals surface area contributed by atoms with E-state index in [4.69, 9.17) is 9.15 Å². The molecule has 8 bridgehead atoms. The molecule has 0 saturated heterocycles. The van der Waals surface area contributed by atoms with Crippen molar-refractivity contribution in [3.63, 3.8) is 0 Å². The SMILES string of the molecule is COc1ncc2cc1NS(=O)(=O)c1cccc(c1)C(=O)NCCn1cc(cn1)-c1ncnc3cc-2oc13. The molecule has 0 aliphatic carbocycles. The van der Waals surface area contributed by atoms with Crippen molar-refractivity contribution < 1.29 is 22.4 Å². The lowest BCUT2D eigenvalue weighted by Crippen LogP contribution is -2.27. The second kappa shape index (κ2) is 8.71. The van der Waals surface area contributed by atoms with Gasteiger partial charge < -0.3 is 14.5 Å². The Morgan fingerprint density at radius 1 is 1.05 bits per heavy atom. The normalized spacial score (nSPS) is 14.8. The third-order valence-electron chi connectivity index (χ3n) is 5.82. The van der Waals surface area contributed by atoms with Crippen molar-refractivity contribution in [2.45, 2.75) is 11.4 Å². The lowest BCUT2D eigenvalue weighted by Gasteiger charge is -2.13. The van der Waals surface area contributed by atoms with Crippen LogP contribution in [0.25, 0.3) is 33.7 Å². The summed E-state index contributed by atoms with van der Waals surface area (Å²) in [6.45, 7) is 0.661. The zero-order chi connectivity index (χ0) is 25.6. The Bertz CT molecular complexity index is 1780. The molecule has 5 heterocycles. The van der Waals surface area contributed by atoms with E-state index in [1.165, 1.54) is 37.8 Å². The van der Waals surface area contributed by atoms with Crippen molar-refractivity contribution in [1.82, 2.24) is 30.0 Å². The van der Waals surface area contributed by atoms with E-state index in [0.717, 1.165) is 0 Å². The van der Waals surface area contributed by atoms with Crippen LogP contribution in [0.2, 0.25) is 0 Å². The first kappa shape index (κ1) is 22.7. The fraction of sp³-hybridized carbons (Fsp3) is 0.125. The number of furan rings is 1. The standard InChI is InChI=1S/C24H19N7O5S/c1-35-24-19-8-15(10-26-24)20-9-18-22(36-20)21(28-13-27-18)16-11-29-31(12-16)6-5-25-23(32)14-3-2-4-17(7-14)37(33,34)30-19/h2-4,7-13,30H,5-6H2,1H3,(H,25,32). The number of pyridine rings is 1. The molecule has 186 valence electrons. The zero-order valence-corrected chi connectivity index (χ0v) is 20.2. The number of benzene rings is 1. The second-order valence-electron chi connectivity index (χ2n) is 8.21. The molecule has 2 N–H and O–H groups in total. The van der Waals surface area contributed by atoms with Gasteiger partial charge in [-0.1, -0.05) is 6.07 Å². The molecule has 4 aromatic heterocycles. The summed E-state index contributed by atoms with van der Waals surface area (Å²) < 4.78 is 42.1. The van der Waals surface area contributed by atoms with Gasteiger partial charge in [-0.2, -0.15) is 5.10 Å². The number of nitrogens with zero attached hydrogens (tertiary/aromatic N) is 5. The fourth-order valence-corrected chi connectivity index (χ4v) is 5.12. The molecule has 0 radical (unpaired) electrons. The Labute approximate surface area is 210 Å². The van der Waals surface area contributed by atoms with Gasteiger partial charge in [0, 0.05) is 41.7 Å². The maximum absolute atomic E-state index is 13.2.